The quantitative estimate of drug-likeness (QED) is 0.223. The van der Waals surface area contributed by atoms with Crippen molar-refractivity contribution >= 4 is 36.0 Å². The Balaban J connectivity index is 1.31. The summed E-state index contributed by atoms with van der Waals surface area (Å²) < 4.78 is 0. The van der Waals surface area contributed by atoms with Crippen molar-refractivity contribution in [1.29, 1.82) is 0 Å². The Kier molecular flexibility index (Phi) is 8.72. The first-order valence-electron chi connectivity index (χ1n) is 12.6. The summed E-state index contributed by atoms with van der Waals surface area (Å²) in [6.45, 7) is 0. The highest BCUT2D eigenvalue weighted by molar-refractivity contribution is 7.99. The van der Waals surface area contributed by atoms with E-state index in [2.05, 4.69) is 122 Å². The van der Waals surface area contributed by atoms with Crippen LogP contribution in [0.5, 0.6) is 0 Å². The van der Waals surface area contributed by atoms with E-state index in [-0.39, 0.29) is 12.1 Å². The van der Waals surface area contributed by atoms with Crippen LogP contribution in [0, 0.1) is 0 Å². The Morgan fingerprint density at radius 2 is 0.889 bits per heavy atom. The molecule has 4 heteroatoms. The number of benzene rings is 4. The Morgan fingerprint density at radius 3 is 1.33 bits per heavy atom. The zero-order valence-electron chi connectivity index (χ0n) is 20.2. The fourth-order valence-corrected chi connectivity index (χ4v) is 6.25. The summed E-state index contributed by atoms with van der Waals surface area (Å²) in [5.41, 5.74) is 2.34. The van der Waals surface area contributed by atoms with Gasteiger partial charge in [0.05, 0.1) is 12.1 Å². The van der Waals surface area contributed by atoms with E-state index in [4.69, 9.17) is 9.98 Å². The zero-order chi connectivity index (χ0) is 24.4. The lowest BCUT2D eigenvalue weighted by molar-refractivity contribution is 0.390. The first-order valence-corrected chi connectivity index (χ1v) is 14.2. The van der Waals surface area contributed by atoms with Crippen LogP contribution >= 0.6 is 23.5 Å². The van der Waals surface area contributed by atoms with Crippen LogP contribution in [0.1, 0.15) is 36.8 Å². The average molecular weight is 507 g/mol. The SMILES string of the molecule is C(=NC1CCCCC1N=Cc1ccccc1Sc1ccccc1)c1ccccc1Sc1ccccc1. The summed E-state index contributed by atoms with van der Waals surface area (Å²) in [4.78, 5) is 15.1. The van der Waals surface area contributed by atoms with Crippen molar-refractivity contribution in [2.24, 2.45) is 9.98 Å². The van der Waals surface area contributed by atoms with Gasteiger partial charge in [-0.15, -0.1) is 0 Å². The van der Waals surface area contributed by atoms with Crippen LogP contribution < -0.4 is 0 Å². The van der Waals surface area contributed by atoms with Crippen molar-refractivity contribution in [3.63, 3.8) is 0 Å². The Hall–Kier alpha value is -3.08. The fourth-order valence-electron chi connectivity index (χ4n) is 4.38. The van der Waals surface area contributed by atoms with E-state index in [1.807, 2.05) is 0 Å². The largest absolute Gasteiger partial charge is 0.287 e. The number of rotatable bonds is 8. The van der Waals surface area contributed by atoms with E-state index in [1.165, 1.54) is 43.6 Å². The Labute approximate surface area is 223 Å². The molecule has 1 aliphatic carbocycles. The van der Waals surface area contributed by atoms with E-state index >= 15 is 0 Å². The van der Waals surface area contributed by atoms with Gasteiger partial charge in [0.1, 0.15) is 0 Å². The molecule has 0 radical (unpaired) electrons. The van der Waals surface area contributed by atoms with Crippen LogP contribution in [0.15, 0.2) is 139 Å². The number of hydrogen-bond donors (Lipinski definition) is 0. The van der Waals surface area contributed by atoms with Crippen LogP contribution in [-0.4, -0.2) is 24.5 Å². The molecule has 0 saturated heterocycles. The van der Waals surface area contributed by atoms with E-state index < -0.39 is 0 Å². The summed E-state index contributed by atoms with van der Waals surface area (Å²) in [5.74, 6) is 0. The van der Waals surface area contributed by atoms with Gasteiger partial charge in [0.15, 0.2) is 0 Å². The third kappa shape index (κ3) is 6.77. The van der Waals surface area contributed by atoms with E-state index in [9.17, 15) is 0 Å². The maximum absolute atomic E-state index is 5.08. The Morgan fingerprint density at radius 1 is 0.500 bits per heavy atom. The maximum Gasteiger partial charge on any atom is 0.0723 e. The van der Waals surface area contributed by atoms with Gasteiger partial charge in [-0.25, -0.2) is 0 Å². The van der Waals surface area contributed by atoms with E-state index in [0.717, 1.165) is 12.8 Å². The summed E-state index contributed by atoms with van der Waals surface area (Å²) in [6, 6.07) is 38.5. The molecule has 0 aliphatic heterocycles. The molecule has 2 nitrogen and oxygen atoms in total. The normalized spacial score (nSPS) is 18.1. The van der Waals surface area contributed by atoms with Crippen molar-refractivity contribution in [3.05, 3.63) is 120 Å². The molecule has 1 aliphatic rings. The predicted molar refractivity (Wildman–Crippen MR) is 155 cm³/mol. The molecule has 4 aromatic rings. The van der Waals surface area contributed by atoms with Gasteiger partial charge in [0, 0.05) is 43.1 Å². The van der Waals surface area contributed by atoms with Gasteiger partial charge in [-0.3, -0.25) is 9.98 Å². The van der Waals surface area contributed by atoms with E-state index in [1.54, 1.807) is 23.5 Å². The highest BCUT2D eigenvalue weighted by Crippen LogP contribution is 2.31. The molecular formula is C32H30N2S2. The second-order valence-electron chi connectivity index (χ2n) is 8.88. The molecule has 2 atom stereocenters. The lowest BCUT2D eigenvalue weighted by Gasteiger charge is -2.25. The molecule has 2 unspecified atom stereocenters. The highest BCUT2D eigenvalue weighted by atomic mass is 32.2. The molecule has 1 saturated carbocycles. The molecule has 0 bridgehead atoms. The minimum Gasteiger partial charge on any atom is -0.287 e. The standard InChI is InChI=1S/C32H30N2S2/c1-3-15-27(16-4-1)35-31-21-11-7-13-25(31)23-33-29-19-9-10-20-30(29)34-24-26-14-8-12-22-32(26)36-28-17-5-2-6-18-28/h1-8,11-18,21-24,29-30H,9-10,19-20H2. The zero-order valence-corrected chi connectivity index (χ0v) is 21.9. The predicted octanol–water partition coefficient (Wildman–Crippen LogP) is 8.84. The third-order valence-corrected chi connectivity index (χ3v) is 8.48. The minimum atomic E-state index is 0.221. The topological polar surface area (TPSA) is 24.7 Å². The molecule has 0 N–H and O–H groups in total. The highest BCUT2D eigenvalue weighted by Gasteiger charge is 2.23. The molecule has 5 rings (SSSR count). The molecule has 0 aromatic heterocycles. The molecule has 36 heavy (non-hydrogen) atoms. The van der Waals surface area contributed by atoms with Gasteiger partial charge < -0.3 is 0 Å². The van der Waals surface area contributed by atoms with Crippen LogP contribution in [0.2, 0.25) is 0 Å². The van der Waals surface area contributed by atoms with Crippen molar-refractivity contribution < 1.29 is 0 Å². The summed E-state index contributed by atoms with van der Waals surface area (Å²) in [7, 11) is 0. The lowest BCUT2D eigenvalue weighted by Crippen LogP contribution is -2.27. The van der Waals surface area contributed by atoms with Gasteiger partial charge in [-0.1, -0.05) is 109 Å². The molecule has 180 valence electrons. The van der Waals surface area contributed by atoms with Gasteiger partial charge in [0.2, 0.25) is 0 Å². The van der Waals surface area contributed by atoms with Crippen LogP contribution in [-0.2, 0) is 0 Å². The number of aliphatic imine (C=N–C) groups is 2. The molecule has 0 spiro atoms. The van der Waals surface area contributed by atoms with Gasteiger partial charge in [-0.2, -0.15) is 0 Å². The third-order valence-electron chi connectivity index (χ3n) is 6.28. The smallest absolute Gasteiger partial charge is 0.0723 e. The number of hydrogen-bond acceptors (Lipinski definition) is 4. The molecule has 1 fully saturated rings. The molecular weight excluding hydrogens is 477 g/mol. The van der Waals surface area contributed by atoms with Crippen molar-refractivity contribution in [3.8, 4) is 0 Å². The summed E-state index contributed by atoms with van der Waals surface area (Å²) in [6.07, 6.45) is 8.76. The minimum absolute atomic E-state index is 0.221. The average Bonchev–Trinajstić information content (AvgIpc) is 2.94. The van der Waals surface area contributed by atoms with Gasteiger partial charge in [0.25, 0.3) is 0 Å². The van der Waals surface area contributed by atoms with Crippen molar-refractivity contribution in [1.82, 2.24) is 0 Å². The van der Waals surface area contributed by atoms with Crippen LogP contribution in [0.4, 0.5) is 0 Å². The van der Waals surface area contributed by atoms with E-state index in [0.29, 0.717) is 0 Å². The monoisotopic (exact) mass is 506 g/mol. The van der Waals surface area contributed by atoms with Gasteiger partial charge in [-0.05, 0) is 49.2 Å². The second-order valence-corrected chi connectivity index (χ2v) is 11.1. The second kappa shape index (κ2) is 12.8. The maximum atomic E-state index is 5.08. The lowest BCUT2D eigenvalue weighted by atomic mass is 9.91. The fraction of sp³-hybridized carbons (Fsp3) is 0.188. The Bertz CT molecular complexity index is 1200. The molecule has 4 aromatic carbocycles. The summed E-state index contributed by atoms with van der Waals surface area (Å²) >= 11 is 3.58. The van der Waals surface area contributed by atoms with Crippen LogP contribution in [0.3, 0.4) is 0 Å². The first-order chi connectivity index (χ1) is 17.8. The number of nitrogens with zero attached hydrogens (tertiary/aromatic N) is 2. The molecule has 0 amide bonds. The molecule has 0 heterocycles. The first kappa shape index (κ1) is 24.6. The summed E-state index contributed by atoms with van der Waals surface area (Å²) in [5, 5.41) is 0. The van der Waals surface area contributed by atoms with Gasteiger partial charge >= 0.3 is 0 Å². The van der Waals surface area contributed by atoms with Crippen LogP contribution in [0.25, 0.3) is 0 Å². The van der Waals surface area contributed by atoms with Crippen molar-refractivity contribution in [2.45, 2.75) is 57.3 Å². The van der Waals surface area contributed by atoms with Crippen molar-refractivity contribution in [2.75, 3.05) is 0 Å².